The molecule has 152 valence electrons. The first-order valence-corrected chi connectivity index (χ1v) is 9.54. The van der Waals surface area contributed by atoms with Crippen LogP contribution in [0.25, 0.3) is 0 Å². The Balaban J connectivity index is 1.45. The van der Waals surface area contributed by atoms with E-state index in [0.717, 1.165) is 31.5 Å². The van der Waals surface area contributed by atoms with Crippen LogP contribution in [0.15, 0.2) is 59.6 Å². The van der Waals surface area contributed by atoms with Crippen molar-refractivity contribution in [2.45, 2.75) is 19.4 Å². The van der Waals surface area contributed by atoms with E-state index in [0.29, 0.717) is 17.3 Å². The normalized spacial score (nSPS) is 13.8. The summed E-state index contributed by atoms with van der Waals surface area (Å²) >= 11 is 0. The van der Waals surface area contributed by atoms with E-state index in [-0.39, 0.29) is 19.1 Å². The van der Waals surface area contributed by atoms with Crippen LogP contribution in [-0.4, -0.2) is 42.5 Å². The van der Waals surface area contributed by atoms with Gasteiger partial charge in [-0.3, -0.25) is 4.79 Å². The summed E-state index contributed by atoms with van der Waals surface area (Å²) in [5.41, 5.74) is 8.14. The number of likely N-dealkylation sites (tertiary alicyclic amines) is 1. The van der Waals surface area contributed by atoms with Crippen LogP contribution in [0.3, 0.4) is 0 Å². The minimum atomic E-state index is -0.652. The van der Waals surface area contributed by atoms with Crippen LogP contribution in [0.1, 0.15) is 18.4 Å². The molecule has 0 bridgehead atoms. The molecule has 1 aliphatic heterocycles. The van der Waals surface area contributed by atoms with Crippen molar-refractivity contribution in [1.29, 1.82) is 0 Å². The third kappa shape index (κ3) is 6.53. The van der Waals surface area contributed by atoms with Gasteiger partial charge in [0.25, 0.3) is 0 Å². The fourth-order valence-electron chi connectivity index (χ4n) is 2.93. The molecular weight excluding hydrogens is 370 g/mol. The molecule has 8 heteroatoms. The predicted octanol–water partition coefficient (Wildman–Crippen LogP) is 2.59. The zero-order chi connectivity index (χ0) is 20.5. The summed E-state index contributed by atoms with van der Waals surface area (Å²) in [4.78, 5) is 30.3. The highest BCUT2D eigenvalue weighted by Gasteiger charge is 2.13. The van der Waals surface area contributed by atoms with E-state index in [1.807, 2.05) is 41.3 Å². The SMILES string of the molecule is NC(=Nc1cccc(NC(=O)CNC(=O)OCc2ccccc2)c1)N1CCCC1. The highest BCUT2D eigenvalue weighted by atomic mass is 16.5. The number of carbonyl (C=O) groups is 2. The number of alkyl carbamates (subject to hydrolysis) is 1. The predicted molar refractivity (Wildman–Crippen MR) is 112 cm³/mol. The summed E-state index contributed by atoms with van der Waals surface area (Å²) in [6, 6.07) is 16.4. The number of anilines is 1. The standard InChI is InChI=1S/C21H25N5O3/c22-20(26-11-4-5-12-26)25-18-10-6-9-17(13-18)24-19(27)14-23-21(28)29-15-16-7-2-1-3-8-16/h1-3,6-10,13H,4-5,11-12,14-15H2,(H2,22,25)(H,23,28)(H,24,27). The van der Waals surface area contributed by atoms with Gasteiger partial charge in [-0.15, -0.1) is 0 Å². The van der Waals surface area contributed by atoms with Crippen LogP contribution in [0.2, 0.25) is 0 Å². The quantitative estimate of drug-likeness (QED) is 0.515. The van der Waals surface area contributed by atoms with E-state index in [1.54, 1.807) is 18.2 Å². The molecule has 2 aromatic rings. The highest BCUT2D eigenvalue weighted by Crippen LogP contribution is 2.19. The van der Waals surface area contributed by atoms with Crippen LogP contribution in [0.4, 0.5) is 16.2 Å². The Hall–Kier alpha value is -3.55. The molecule has 2 aromatic carbocycles. The molecule has 0 aromatic heterocycles. The van der Waals surface area contributed by atoms with Gasteiger partial charge in [-0.1, -0.05) is 36.4 Å². The van der Waals surface area contributed by atoms with Gasteiger partial charge in [0.15, 0.2) is 5.96 Å². The van der Waals surface area contributed by atoms with E-state index in [1.165, 1.54) is 0 Å². The van der Waals surface area contributed by atoms with Crippen LogP contribution < -0.4 is 16.4 Å². The smallest absolute Gasteiger partial charge is 0.407 e. The maximum absolute atomic E-state index is 12.1. The molecule has 1 fully saturated rings. The van der Waals surface area contributed by atoms with Crippen molar-refractivity contribution in [3.05, 3.63) is 60.2 Å². The Morgan fingerprint density at radius 3 is 2.59 bits per heavy atom. The van der Waals surface area contributed by atoms with E-state index >= 15 is 0 Å². The Labute approximate surface area is 169 Å². The second kappa shape index (κ2) is 10.1. The lowest BCUT2D eigenvalue weighted by molar-refractivity contribution is -0.115. The van der Waals surface area contributed by atoms with Gasteiger partial charge >= 0.3 is 6.09 Å². The molecule has 2 amide bonds. The molecule has 8 nitrogen and oxygen atoms in total. The molecule has 1 aliphatic rings. The molecule has 29 heavy (non-hydrogen) atoms. The van der Waals surface area contributed by atoms with Crippen molar-refractivity contribution in [3.8, 4) is 0 Å². The second-order valence-corrected chi connectivity index (χ2v) is 6.68. The summed E-state index contributed by atoms with van der Waals surface area (Å²) in [6.45, 7) is 1.78. The summed E-state index contributed by atoms with van der Waals surface area (Å²) in [5, 5.41) is 5.15. The molecule has 0 radical (unpaired) electrons. The first-order valence-electron chi connectivity index (χ1n) is 9.54. The number of rotatable bonds is 6. The average molecular weight is 395 g/mol. The number of benzene rings is 2. The summed E-state index contributed by atoms with van der Waals surface area (Å²) < 4.78 is 5.07. The fourth-order valence-corrected chi connectivity index (χ4v) is 2.93. The molecule has 0 spiro atoms. The Morgan fingerprint density at radius 2 is 1.83 bits per heavy atom. The number of guanidine groups is 1. The molecule has 1 heterocycles. The van der Waals surface area contributed by atoms with Crippen molar-refractivity contribution < 1.29 is 14.3 Å². The molecule has 3 rings (SSSR count). The average Bonchev–Trinajstić information content (AvgIpc) is 3.27. The summed E-state index contributed by atoms with van der Waals surface area (Å²) in [6.07, 6.45) is 1.58. The van der Waals surface area contributed by atoms with Gasteiger partial charge in [-0.05, 0) is 36.6 Å². The number of nitrogens with two attached hydrogens (primary N) is 1. The third-order valence-electron chi connectivity index (χ3n) is 4.41. The molecule has 1 saturated heterocycles. The van der Waals surface area contributed by atoms with E-state index in [2.05, 4.69) is 15.6 Å². The van der Waals surface area contributed by atoms with Crippen LogP contribution in [0, 0.1) is 0 Å². The number of nitrogens with zero attached hydrogens (tertiary/aromatic N) is 2. The number of hydrogen-bond acceptors (Lipinski definition) is 4. The summed E-state index contributed by atoms with van der Waals surface area (Å²) in [5.74, 6) is 0.115. The Kier molecular flexibility index (Phi) is 7.05. The zero-order valence-corrected chi connectivity index (χ0v) is 16.1. The first-order chi connectivity index (χ1) is 14.1. The number of hydrogen-bond donors (Lipinski definition) is 3. The molecule has 0 saturated carbocycles. The lowest BCUT2D eigenvalue weighted by atomic mass is 10.2. The minimum Gasteiger partial charge on any atom is -0.445 e. The van der Waals surface area contributed by atoms with Crippen LogP contribution >= 0.6 is 0 Å². The zero-order valence-electron chi connectivity index (χ0n) is 16.1. The maximum atomic E-state index is 12.1. The van der Waals surface area contributed by atoms with Gasteiger partial charge in [-0.25, -0.2) is 9.79 Å². The van der Waals surface area contributed by atoms with E-state index < -0.39 is 6.09 Å². The van der Waals surface area contributed by atoms with Gasteiger partial charge in [0.1, 0.15) is 13.2 Å². The van der Waals surface area contributed by atoms with Crippen LogP contribution in [-0.2, 0) is 16.1 Å². The van der Waals surface area contributed by atoms with Gasteiger partial charge < -0.3 is 26.0 Å². The van der Waals surface area contributed by atoms with Crippen molar-refractivity contribution >= 4 is 29.3 Å². The van der Waals surface area contributed by atoms with E-state index in [4.69, 9.17) is 10.5 Å². The molecule has 0 unspecified atom stereocenters. The number of nitrogens with one attached hydrogen (secondary N) is 2. The van der Waals surface area contributed by atoms with Crippen LogP contribution in [0.5, 0.6) is 0 Å². The Bertz CT molecular complexity index is 864. The number of aliphatic imine (C=N–C) groups is 1. The molecule has 4 N–H and O–H groups in total. The topological polar surface area (TPSA) is 109 Å². The van der Waals surface area contributed by atoms with E-state index in [9.17, 15) is 9.59 Å². The van der Waals surface area contributed by atoms with Crippen molar-refractivity contribution in [3.63, 3.8) is 0 Å². The second-order valence-electron chi connectivity index (χ2n) is 6.68. The van der Waals surface area contributed by atoms with Crippen molar-refractivity contribution in [2.24, 2.45) is 10.7 Å². The van der Waals surface area contributed by atoms with Crippen molar-refractivity contribution in [2.75, 3.05) is 25.0 Å². The largest absolute Gasteiger partial charge is 0.445 e. The lowest BCUT2D eigenvalue weighted by Crippen LogP contribution is -2.34. The molecular formula is C21H25N5O3. The molecule has 0 aliphatic carbocycles. The number of carbonyl (C=O) groups excluding carboxylic acids is 2. The summed E-state index contributed by atoms with van der Waals surface area (Å²) in [7, 11) is 0. The minimum absolute atomic E-state index is 0.146. The van der Waals surface area contributed by atoms with Gasteiger partial charge in [-0.2, -0.15) is 0 Å². The van der Waals surface area contributed by atoms with Gasteiger partial charge in [0.05, 0.1) is 5.69 Å². The monoisotopic (exact) mass is 395 g/mol. The highest BCUT2D eigenvalue weighted by molar-refractivity contribution is 5.94. The lowest BCUT2D eigenvalue weighted by Gasteiger charge is -2.15. The maximum Gasteiger partial charge on any atom is 0.407 e. The van der Waals surface area contributed by atoms with Gasteiger partial charge in [0.2, 0.25) is 5.91 Å². The number of ether oxygens (including phenoxy) is 1. The Morgan fingerprint density at radius 1 is 1.07 bits per heavy atom. The van der Waals surface area contributed by atoms with Crippen molar-refractivity contribution in [1.82, 2.24) is 10.2 Å². The van der Waals surface area contributed by atoms with Gasteiger partial charge in [0, 0.05) is 18.8 Å². The first kappa shape index (κ1) is 20.2. The fraction of sp³-hybridized carbons (Fsp3) is 0.286. The molecule has 0 atom stereocenters. The third-order valence-corrected chi connectivity index (χ3v) is 4.41. The number of amides is 2.